The number of hydrogen-bond acceptors (Lipinski definition) is 3. The van der Waals surface area contributed by atoms with Crippen LogP contribution in [-0.2, 0) is 0 Å². The number of nitrogens with zero attached hydrogens (tertiary/aromatic N) is 2. The Morgan fingerprint density at radius 3 is 2.63 bits per heavy atom. The summed E-state index contributed by atoms with van der Waals surface area (Å²) in [5.74, 6) is -0.0115. The molecule has 0 spiro atoms. The molecule has 4 rings (SSSR count). The molecule has 1 aliphatic rings. The highest BCUT2D eigenvalue weighted by molar-refractivity contribution is 5.94. The Morgan fingerprint density at radius 1 is 1.15 bits per heavy atom. The van der Waals surface area contributed by atoms with Gasteiger partial charge in [0.15, 0.2) is 0 Å². The first-order valence-electron chi connectivity index (χ1n) is 8.79. The lowest BCUT2D eigenvalue weighted by atomic mass is 9.99. The van der Waals surface area contributed by atoms with Crippen molar-refractivity contribution in [1.29, 1.82) is 0 Å². The average Bonchev–Trinajstić information content (AvgIpc) is 3.08. The lowest BCUT2D eigenvalue weighted by Gasteiger charge is -2.30. The van der Waals surface area contributed by atoms with Gasteiger partial charge in [0.25, 0.3) is 5.91 Å². The second kappa shape index (κ2) is 9.22. The first kappa shape index (κ1) is 21.2. The monoisotopic (exact) mass is 406 g/mol. The number of halogens is 2. The zero-order chi connectivity index (χ0) is 17.2. The van der Waals surface area contributed by atoms with Crippen molar-refractivity contribution in [1.82, 2.24) is 20.2 Å². The molecular weight excluding hydrogens is 383 g/mol. The van der Waals surface area contributed by atoms with Crippen molar-refractivity contribution in [2.45, 2.75) is 31.8 Å². The summed E-state index contributed by atoms with van der Waals surface area (Å²) >= 11 is 0. The van der Waals surface area contributed by atoms with Gasteiger partial charge in [-0.3, -0.25) is 9.36 Å². The van der Waals surface area contributed by atoms with E-state index in [0.29, 0.717) is 11.6 Å². The highest BCUT2D eigenvalue weighted by Crippen LogP contribution is 2.18. The number of fused-ring (bicyclic) bond motifs is 1. The van der Waals surface area contributed by atoms with Gasteiger partial charge in [-0.2, -0.15) is 0 Å². The van der Waals surface area contributed by atoms with Crippen molar-refractivity contribution in [2.75, 3.05) is 6.54 Å². The number of carbonyl (C=O) groups is 1. The Balaban J connectivity index is 0.00000131. The normalized spacial score (nSPS) is 19.0. The summed E-state index contributed by atoms with van der Waals surface area (Å²) in [6, 6.07) is 16.2. The number of imidazole rings is 1. The molecule has 3 aromatic rings. The molecule has 0 saturated carbocycles. The molecule has 1 fully saturated rings. The molecule has 0 aliphatic carbocycles. The summed E-state index contributed by atoms with van der Waals surface area (Å²) in [7, 11) is 0. The fourth-order valence-corrected chi connectivity index (χ4v) is 3.43. The van der Waals surface area contributed by atoms with Crippen molar-refractivity contribution >= 4 is 41.8 Å². The van der Waals surface area contributed by atoms with Gasteiger partial charge in [-0.15, -0.1) is 24.8 Å². The van der Waals surface area contributed by atoms with Crippen LogP contribution < -0.4 is 10.6 Å². The highest BCUT2D eigenvalue weighted by Gasteiger charge is 2.22. The first-order valence-corrected chi connectivity index (χ1v) is 8.79. The molecule has 2 unspecified atom stereocenters. The SMILES string of the molecule is CC1NCCCC1NC(=O)c1ccc(-n2cnc3ccccc32)cc1.Cl.Cl. The summed E-state index contributed by atoms with van der Waals surface area (Å²) in [6.45, 7) is 3.15. The van der Waals surface area contributed by atoms with E-state index in [1.807, 2.05) is 59.4 Å². The molecule has 7 heteroatoms. The number of carbonyl (C=O) groups excluding carboxylic acids is 1. The van der Waals surface area contributed by atoms with Crippen LogP contribution in [0.3, 0.4) is 0 Å². The highest BCUT2D eigenvalue weighted by atomic mass is 35.5. The molecule has 0 bridgehead atoms. The van der Waals surface area contributed by atoms with Crippen molar-refractivity contribution in [3.05, 3.63) is 60.4 Å². The quantitative estimate of drug-likeness (QED) is 0.696. The van der Waals surface area contributed by atoms with Gasteiger partial charge in [0.05, 0.1) is 11.0 Å². The van der Waals surface area contributed by atoms with Gasteiger partial charge in [-0.1, -0.05) is 12.1 Å². The Bertz CT molecular complexity index is 894. The molecule has 2 N–H and O–H groups in total. The standard InChI is InChI=1S/C20H22N4O.2ClH/c1-14-17(6-4-12-21-14)23-20(25)15-8-10-16(11-9-15)24-13-22-18-5-2-3-7-19(18)24;;/h2-3,5,7-11,13-14,17,21H,4,6,12H2,1H3,(H,23,25);2*1H. The smallest absolute Gasteiger partial charge is 0.251 e. The number of amides is 1. The predicted molar refractivity (Wildman–Crippen MR) is 114 cm³/mol. The van der Waals surface area contributed by atoms with E-state index in [1.165, 1.54) is 0 Å². The second-order valence-electron chi connectivity index (χ2n) is 6.62. The lowest BCUT2D eigenvalue weighted by Crippen LogP contribution is -2.51. The second-order valence-corrected chi connectivity index (χ2v) is 6.62. The minimum atomic E-state index is -0.0115. The molecule has 2 atom stereocenters. The van der Waals surface area contributed by atoms with Gasteiger partial charge >= 0.3 is 0 Å². The molecule has 5 nitrogen and oxygen atoms in total. The fraction of sp³-hybridized carbons (Fsp3) is 0.300. The van der Waals surface area contributed by atoms with Crippen LogP contribution in [0.1, 0.15) is 30.1 Å². The Kier molecular flexibility index (Phi) is 7.25. The first-order chi connectivity index (χ1) is 12.2. The topological polar surface area (TPSA) is 58.9 Å². The van der Waals surface area contributed by atoms with Gasteiger partial charge in [-0.25, -0.2) is 4.98 Å². The maximum atomic E-state index is 12.5. The maximum absolute atomic E-state index is 12.5. The zero-order valence-corrected chi connectivity index (χ0v) is 16.7. The number of benzene rings is 2. The largest absolute Gasteiger partial charge is 0.348 e. The van der Waals surface area contributed by atoms with Crippen molar-refractivity contribution in [2.24, 2.45) is 0 Å². The summed E-state index contributed by atoms with van der Waals surface area (Å²) in [4.78, 5) is 16.9. The van der Waals surface area contributed by atoms with E-state index in [0.717, 1.165) is 36.1 Å². The third-order valence-corrected chi connectivity index (χ3v) is 4.94. The fourth-order valence-electron chi connectivity index (χ4n) is 3.43. The van der Waals surface area contributed by atoms with E-state index < -0.39 is 0 Å². The molecule has 27 heavy (non-hydrogen) atoms. The van der Waals surface area contributed by atoms with Gasteiger partial charge < -0.3 is 10.6 Å². The van der Waals surface area contributed by atoms with E-state index in [4.69, 9.17) is 0 Å². The van der Waals surface area contributed by atoms with Crippen molar-refractivity contribution < 1.29 is 4.79 Å². The number of piperidine rings is 1. The summed E-state index contributed by atoms with van der Waals surface area (Å²) in [6.07, 6.45) is 3.94. The summed E-state index contributed by atoms with van der Waals surface area (Å²) < 4.78 is 2.03. The van der Waals surface area contributed by atoms with Crippen LogP contribution in [0.5, 0.6) is 0 Å². The van der Waals surface area contributed by atoms with Gasteiger partial charge in [0, 0.05) is 23.3 Å². The van der Waals surface area contributed by atoms with E-state index in [2.05, 4.69) is 22.5 Å². The van der Waals surface area contributed by atoms with Crippen LogP contribution in [0.2, 0.25) is 0 Å². The number of nitrogens with one attached hydrogen (secondary N) is 2. The van der Waals surface area contributed by atoms with E-state index in [1.54, 1.807) is 0 Å². The van der Waals surface area contributed by atoms with Crippen LogP contribution in [0.4, 0.5) is 0 Å². The van der Waals surface area contributed by atoms with E-state index >= 15 is 0 Å². The number of hydrogen-bond donors (Lipinski definition) is 2. The molecular formula is C20H24Cl2N4O. The predicted octanol–water partition coefficient (Wildman–Crippen LogP) is 3.74. The Hall–Kier alpha value is -2.08. The van der Waals surface area contributed by atoms with Crippen LogP contribution in [0, 0.1) is 0 Å². The number of para-hydroxylation sites is 2. The number of aromatic nitrogens is 2. The van der Waals surface area contributed by atoms with Crippen LogP contribution in [-0.4, -0.2) is 34.1 Å². The van der Waals surface area contributed by atoms with Crippen molar-refractivity contribution in [3.8, 4) is 5.69 Å². The van der Waals surface area contributed by atoms with Crippen LogP contribution >= 0.6 is 24.8 Å². The third kappa shape index (κ3) is 4.43. The van der Waals surface area contributed by atoms with E-state index in [9.17, 15) is 4.79 Å². The summed E-state index contributed by atoms with van der Waals surface area (Å²) in [5.41, 5.74) is 3.70. The minimum Gasteiger partial charge on any atom is -0.348 e. The minimum absolute atomic E-state index is 0. The summed E-state index contributed by atoms with van der Waals surface area (Å²) in [5, 5.41) is 6.56. The molecule has 1 aromatic heterocycles. The molecule has 1 amide bonds. The average molecular weight is 407 g/mol. The molecule has 1 saturated heterocycles. The van der Waals surface area contributed by atoms with E-state index in [-0.39, 0.29) is 36.8 Å². The maximum Gasteiger partial charge on any atom is 0.251 e. The lowest BCUT2D eigenvalue weighted by molar-refractivity contribution is 0.0920. The van der Waals surface area contributed by atoms with Crippen LogP contribution in [0.15, 0.2) is 54.9 Å². The van der Waals surface area contributed by atoms with Gasteiger partial charge in [-0.05, 0) is 62.7 Å². The Morgan fingerprint density at radius 2 is 1.89 bits per heavy atom. The number of rotatable bonds is 3. The van der Waals surface area contributed by atoms with Gasteiger partial charge in [0.1, 0.15) is 6.33 Å². The third-order valence-electron chi connectivity index (χ3n) is 4.94. The molecule has 144 valence electrons. The molecule has 2 heterocycles. The van der Waals surface area contributed by atoms with Gasteiger partial charge in [0.2, 0.25) is 0 Å². The Labute approximate surface area is 171 Å². The zero-order valence-electron chi connectivity index (χ0n) is 15.1. The van der Waals surface area contributed by atoms with Crippen molar-refractivity contribution in [3.63, 3.8) is 0 Å². The molecule has 1 aliphatic heterocycles. The molecule has 2 aromatic carbocycles. The molecule has 0 radical (unpaired) electrons. The van der Waals surface area contributed by atoms with Crippen LogP contribution in [0.25, 0.3) is 16.7 Å².